The Hall–Kier alpha value is -4.14. The summed E-state index contributed by atoms with van der Waals surface area (Å²) in [5, 5.41) is 23.8. The van der Waals surface area contributed by atoms with Crippen LogP contribution in [0.5, 0.6) is 0 Å². The summed E-state index contributed by atoms with van der Waals surface area (Å²) in [4.78, 5) is 16.3. The van der Waals surface area contributed by atoms with Crippen LogP contribution in [0.2, 0.25) is 0 Å². The molecule has 40 heavy (non-hydrogen) atoms. The van der Waals surface area contributed by atoms with Gasteiger partial charge in [-0.25, -0.2) is 4.79 Å². The molecule has 3 aliphatic rings. The van der Waals surface area contributed by atoms with E-state index in [1.807, 2.05) is 45.0 Å². The fourth-order valence-electron chi connectivity index (χ4n) is 5.23. The Kier molecular flexibility index (Phi) is 6.72. The van der Waals surface area contributed by atoms with Gasteiger partial charge in [0.2, 0.25) is 5.54 Å². The van der Waals surface area contributed by atoms with E-state index < -0.39 is 28.4 Å². The maximum atomic E-state index is 13.6. The zero-order chi connectivity index (χ0) is 28.9. The summed E-state index contributed by atoms with van der Waals surface area (Å²) in [6.07, 6.45) is -2.83. The molecule has 1 aliphatic carbocycles. The van der Waals surface area contributed by atoms with Crippen LogP contribution in [-0.2, 0) is 10.9 Å². The second-order valence-corrected chi connectivity index (χ2v) is 11.3. The number of amides is 1. The van der Waals surface area contributed by atoms with E-state index >= 15 is 0 Å². The lowest BCUT2D eigenvalue weighted by atomic mass is 9.75. The number of nitriles is 1. The number of nitrogens with one attached hydrogen (secondary N) is 1. The predicted octanol–water partition coefficient (Wildman–Crippen LogP) is 6.07. The molecule has 1 N–H and O–H groups in total. The first-order chi connectivity index (χ1) is 18.8. The smallest absolute Gasteiger partial charge is 0.417 e. The quantitative estimate of drug-likeness (QED) is 0.465. The topological polar surface area (TPSA) is 99.0 Å². The van der Waals surface area contributed by atoms with Gasteiger partial charge in [-0.1, -0.05) is 5.01 Å². The van der Waals surface area contributed by atoms with Crippen molar-refractivity contribution in [2.75, 3.05) is 36.1 Å². The molecule has 1 saturated carbocycles. The normalized spacial score (nSPS) is 18.9. The summed E-state index contributed by atoms with van der Waals surface area (Å²) in [5.74, 6) is 0.110. The molecule has 0 bridgehead atoms. The van der Waals surface area contributed by atoms with Crippen LogP contribution in [0.4, 0.5) is 35.0 Å². The first-order valence-corrected chi connectivity index (χ1v) is 13.2. The Bertz CT molecular complexity index is 1390. The number of alkyl halides is 3. The highest BCUT2D eigenvalue weighted by atomic mass is 19.4. The molecule has 9 nitrogen and oxygen atoms in total. The summed E-state index contributed by atoms with van der Waals surface area (Å²) in [7, 11) is 0. The van der Waals surface area contributed by atoms with Crippen LogP contribution in [-0.4, -0.2) is 58.8 Å². The van der Waals surface area contributed by atoms with E-state index in [-0.39, 0.29) is 17.6 Å². The first-order valence-electron chi connectivity index (χ1n) is 13.2. The minimum absolute atomic E-state index is 0.0876. The van der Waals surface area contributed by atoms with Gasteiger partial charge in [-0.2, -0.15) is 18.4 Å². The van der Waals surface area contributed by atoms with Crippen molar-refractivity contribution in [1.29, 1.82) is 10.7 Å². The van der Waals surface area contributed by atoms with Crippen LogP contribution in [0.3, 0.4) is 0 Å². The van der Waals surface area contributed by atoms with Gasteiger partial charge in [0, 0.05) is 50.8 Å². The summed E-state index contributed by atoms with van der Waals surface area (Å²) < 4.78 is 48.0. The summed E-state index contributed by atoms with van der Waals surface area (Å²) in [5.41, 5.74) is -1.00. The molecule has 2 aromatic carbocycles. The lowest BCUT2D eigenvalue weighted by Gasteiger charge is -2.37. The van der Waals surface area contributed by atoms with Crippen molar-refractivity contribution in [3.8, 4) is 6.07 Å². The van der Waals surface area contributed by atoms with Crippen LogP contribution in [0.15, 0.2) is 47.7 Å². The third-order valence-corrected chi connectivity index (χ3v) is 7.48. The number of benzene rings is 2. The molecule has 2 aromatic rings. The average Bonchev–Trinajstić information content (AvgIpc) is 3.20. The maximum absolute atomic E-state index is 13.6. The number of amidine groups is 1. The third kappa shape index (κ3) is 4.96. The number of anilines is 2. The minimum atomic E-state index is -4.70. The summed E-state index contributed by atoms with van der Waals surface area (Å²) in [6.45, 7) is 7.90. The number of carbonyl (C=O) groups excluding carboxylic acids is 1. The SMILES string of the molecule is CC(C)(C)OC(=O)N1CCN(c2ccc([N+]3=NN(c4ccc(C#N)c(C(F)(F)F)c4)C(=N)C34CCC4)cc2)CC1. The van der Waals surface area contributed by atoms with E-state index in [1.165, 1.54) is 11.1 Å². The fourth-order valence-corrected chi connectivity index (χ4v) is 5.23. The molecule has 2 heterocycles. The van der Waals surface area contributed by atoms with Gasteiger partial charge < -0.3 is 14.5 Å². The number of halogens is 3. The Balaban J connectivity index is 1.36. The van der Waals surface area contributed by atoms with Gasteiger partial charge in [-0.15, -0.1) is 4.70 Å². The van der Waals surface area contributed by atoms with Crippen molar-refractivity contribution in [2.24, 2.45) is 5.22 Å². The Morgan fingerprint density at radius 2 is 1.68 bits per heavy atom. The van der Waals surface area contributed by atoms with Gasteiger partial charge in [0.15, 0.2) is 11.4 Å². The van der Waals surface area contributed by atoms with Crippen molar-refractivity contribution in [3.63, 3.8) is 0 Å². The van der Waals surface area contributed by atoms with Crippen LogP contribution in [0, 0.1) is 16.7 Å². The maximum Gasteiger partial charge on any atom is 0.417 e. The molecule has 5 rings (SSSR count). The van der Waals surface area contributed by atoms with Gasteiger partial charge >= 0.3 is 12.3 Å². The van der Waals surface area contributed by atoms with E-state index in [1.54, 1.807) is 15.7 Å². The number of ether oxygens (including phenoxy) is 1. The molecule has 1 spiro atoms. The lowest BCUT2D eigenvalue weighted by Crippen LogP contribution is -2.52. The van der Waals surface area contributed by atoms with E-state index in [0.717, 1.165) is 29.9 Å². The van der Waals surface area contributed by atoms with Crippen molar-refractivity contribution in [1.82, 2.24) is 4.90 Å². The number of hydrogen-bond donors (Lipinski definition) is 1. The van der Waals surface area contributed by atoms with Crippen molar-refractivity contribution in [2.45, 2.75) is 57.3 Å². The van der Waals surface area contributed by atoms with E-state index in [9.17, 15) is 18.0 Å². The number of piperazine rings is 1. The second kappa shape index (κ2) is 9.80. The van der Waals surface area contributed by atoms with Crippen molar-refractivity contribution in [3.05, 3.63) is 53.6 Å². The van der Waals surface area contributed by atoms with Crippen LogP contribution < -0.4 is 9.91 Å². The molecule has 12 heteroatoms. The van der Waals surface area contributed by atoms with Gasteiger partial charge in [0.05, 0.1) is 22.4 Å². The number of nitrogens with zero attached hydrogens (tertiary/aromatic N) is 6. The molecule has 0 atom stereocenters. The highest BCUT2D eigenvalue weighted by Crippen LogP contribution is 2.46. The molecular weight excluding hydrogens is 523 g/mol. The number of hydrogen-bond acceptors (Lipinski definition) is 6. The third-order valence-electron chi connectivity index (χ3n) is 7.48. The fraction of sp³-hybridized carbons (Fsp3) is 0.464. The highest BCUT2D eigenvalue weighted by Gasteiger charge is 2.60. The summed E-state index contributed by atoms with van der Waals surface area (Å²) >= 11 is 0. The molecular formula is C28H31F3N7O2+. The van der Waals surface area contributed by atoms with Crippen molar-refractivity contribution < 1.29 is 27.4 Å². The van der Waals surface area contributed by atoms with Crippen LogP contribution >= 0.6 is 0 Å². The molecule has 0 aromatic heterocycles. The van der Waals surface area contributed by atoms with Gasteiger partial charge in [-0.05, 0) is 63.6 Å². The van der Waals surface area contributed by atoms with Crippen molar-refractivity contribution >= 4 is 29.0 Å². The van der Waals surface area contributed by atoms with Gasteiger partial charge in [-0.3, -0.25) is 5.41 Å². The lowest BCUT2D eigenvalue weighted by molar-refractivity contribution is -0.581. The Labute approximate surface area is 230 Å². The number of rotatable bonds is 3. The van der Waals surface area contributed by atoms with Gasteiger partial charge in [0.25, 0.3) is 5.84 Å². The number of carbonyl (C=O) groups is 1. The predicted molar refractivity (Wildman–Crippen MR) is 142 cm³/mol. The minimum Gasteiger partial charge on any atom is -0.444 e. The second-order valence-electron chi connectivity index (χ2n) is 11.3. The molecule has 0 radical (unpaired) electrons. The first kappa shape index (κ1) is 27.4. The van der Waals surface area contributed by atoms with Crippen LogP contribution in [0.25, 0.3) is 0 Å². The summed E-state index contributed by atoms with van der Waals surface area (Å²) in [6, 6.07) is 12.7. The standard InChI is InChI=1S/C28H31F3N7O2/c1-26(2,3)40-25(39)36-15-13-35(14-16-36)20-7-9-21(10-8-20)38-27(11-4-12-27)24(33)37(34-38)22-6-5-19(18-32)23(17-22)28(29,30)31/h5-10,17,33H,4,11-16H2,1-3H3/q+1. The molecule has 0 unspecified atom stereocenters. The van der Waals surface area contributed by atoms with E-state index in [4.69, 9.17) is 15.4 Å². The average molecular weight is 555 g/mol. The molecule has 2 fully saturated rings. The largest absolute Gasteiger partial charge is 0.444 e. The molecule has 210 valence electrons. The Morgan fingerprint density at radius 1 is 1.05 bits per heavy atom. The zero-order valence-electron chi connectivity index (χ0n) is 22.6. The molecule has 1 amide bonds. The van der Waals surface area contributed by atoms with Gasteiger partial charge in [0.1, 0.15) is 5.60 Å². The van der Waals surface area contributed by atoms with E-state index in [0.29, 0.717) is 39.0 Å². The monoisotopic (exact) mass is 554 g/mol. The van der Waals surface area contributed by atoms with Crippen LogP contribution in [0.1, 0.15) is 51.2 Å². The van der Waals surface area contributed by atoms with E-state index in [2.05, 4.69) is 10.1 Å². The molecule has 2 aliphatic heterocycles. The molecule has 1 saturated heterocycles. The zero-order valence-corrected chi connectivity index (χ0v) is 22.6. The Morgan fingerprint density at radius 3 is 2.20 bits per heavy atom. The highest BCUT2D eigenvalue weighted by molar-refractivity contribution is 6.02.